The lowest BCUT2D eigenvalue weighted by Gasteiger charge is -2.39. The molecule has 2 aromatic carbocycles. The molecule has 1 fully saturated rings. The van der Waals surface area contributed by atoms with Gasteiger partial charge in [0.25, 0.3) is 0 Å². The molecular weight excluding hydrogens is 342 g/mol. The van der Waals surface area contributed by atoms with E-state index in [1.54, 1.807) is 0 Å². The molecule has 0 amide bonds. The molecule has 2 heterocycles. The van der Waals surface area contributed by atoms with Crippen molar-refractivity contribution in [2.75, 3.05) is 26.4 Å². The van der Waals surface area contributed by atoms with Crippen molar-refractivity contribution in [2.45, 2.75) is 38.1 Å². The Morgan fingerprint density at radius 3 is 2.41 bits per heavy atom. The van der Waals surface area contributed by atoms with E-state index in [1.165, 1.54) is 5.56 Å². The average Bonchev–Trinajstić information content (AvgIpc) is 3.14. The van der Waals surface area contributed by atoms with Crippen LogP contribution in [-0.2, 0) is 4.74 Å². The first-order chi connectivity index (χ1) is 13.0. The molecular formula is C22H27NO4. The van der Waals surface area contributed by atoms with E-state index in [0.717, 1.165) is 43.1 Å². The van der Waals surface area contributed by atoms with Crippen LogP contribution in [0.15, 0.2) is 48.5 Å². The molecule has 1 N–H and O–H groups in total. The fourth-order valence-corrected chi connectivity index (χ4v) is 3.59. The van der Waals surface area contributed by atoms with Gasteiger partial charge < -0.3 is 19.3 Å². The minimum absolute atomic E-state index is 0.00261. The highest BCUT2D eigenvalue weighted by atomic mass is 16.7. The molecule has 0 saturated carbocycles. The molecule has 0 radical (unpaired) electrons. The average molecular weight is 369 g/mol. The van der Waals surface area contributed by atoms with Gasteiger partial charge in [0, 0.05) is 19.6 Å². The zero-order valence-corrected chi connectivity index (χ0v) is 15.9. The van der Waals surface area contributed by atoms with E-state index in [9.17, 15) is 5.11 Å². The van der Waals surface area contributed by atoms with Crippen LogP contribution in [0.2, 0.25) is 0 Å². The van der Waals surface area contributed by atoms with Crippen molar-refractivity contribution < 1.29 is 19.3 Å². The van der Waals surface area contributed by atoms with Crippen LogP contribution in [0.5, 0.6) is 11.5 Å². The van der Waals surface area contributed by atoms with Crippen molar-refractivity contribution in [2.24, 2.45) is 0 Å². The highest BCUT2D eigenvalue weighted by Gasteiger charge is 2.31. The van der Waals surface area contributed by atoms with Crippen LogP contribution in [0.4, 0.5) is 0 Å². The molecule has 0 unspecified atom stereocenters. The van der Waals surface area contributed by atoms with Crippen LogP contribution in [0.3, 0.4) is 0 Å². The smallest absolute Gasteiger partial charge is 0.231 e. The molecule has 5 heteroatoms. The minimum Gasteiger partial charge on any atom is -0.454 e. The van der Waals surface area contributed by atoms with Crippen molar-refractivity contribution in [1.29, 1.82) is 0 Å². The number of morpholine rings is 1. The Hall–Kier alpha value is -2.08. The third-order valence-electron chi connectivity index (χ3n) is 5.16. The quantitative estimate of drug-likeness (QED) is 0.871. The first kappa shape index (κ1) is 18.3. The Balaban J connectivity index is 1.56. The second-order valence-electron chi connectivity index (χ2n) is 7.96. The van der Waals surface area contributed by atoms with Crippen LogP contribution < -0.4 is 9.47 Å². The summed E-state index contributed by atoms with van der Waals surface area (Å²) >= 11 is 0. The van der Waals surface area contributed by atoms with Crippen molar-refractivity contribution in [3.05, 3.63) is 59.7 Å². The highest BCUT2D eigenvalue weighted by molar-refractivity contribution is 5.45. The summed E-state index contributed by atoms with van der Waals surface area (Å²) in [7, 11) is 0. The maximum absolute atomic E-state index is 10.1. The Morgan fingerprint density at radius 1 is 0.963 bits per heavy atom. The van der Waals surface area contributed by atoms with Gasteiger partial charge in [-0.15, -0.1) is 0 Å². The lowest BCUT2D eigenvalue weighted by molar-refractivity contribution is -0.0937. The van der Waals surface area contributed by atoms with Crippen LogP contribution in [0.25, 0.3) is 0 Å². The summed E-state index contributed by atoms with van der Waals surface area (Å²) in [6, 6.07) is 16.4. The molecule has 2 aliphatic heterocycles. The number of fused-ring (bicyclic) bond motifs is 1. The Morgan fingerprint density at radius 2 is 1.67 bits per heavy atom. The molecule has 27 heavy (non-hydrogen) atoms. The normalized spacial score (nSPS) is 22.8. The molecule has 0 aromatic heterocycles. The van der Waals surface area contributed by atoms with Gasteiger partial charge in [0.2, 0.25) is 6.79 Å². The van der Waals surface area contributed by atoms with Gasteiger partial charge in [-0.05, 0) is 43.5 Å². The van der Waals surface area contributed by atoms with Crippen LogP contribution in [-0.4, -0.2) is 42.0 Å². The van der Waals surface area contributed by atoms with Gasteiger partial charge in [-0.2, -0.15) is 0 Å². The van der Waals surface area contributed by atoms with Gasteiger partial charge in [0.15, 0.2) is 11.5 Å². The largest absolute Gasteiger partial charge is 0.454 e. The van der Waals surface area contributed by atoms with Gasteiger partial charge in [0.1, 0.15) is 0 Å². The highest BCUT2D eigenvalue weighted by Crippen LogP contribution is 2.38. The third kappa shape index (κ3) is 4.43. The lowest BCUT2D eigenvalue weighted by atomic mass is 10.0. The fourth-order valence-electron chi connectivity index (χ4n) is 3.59. The maximum Gasteiger partial charge on any atom is 0.231 e. The fraction of sp³-hybridized carbons (Fsp3) is 0.455. The molecule has 0 bridgehead atoms. The summed E-state index contributed by atoms with van der Waals surface area (Å²) in [5, 5.41) is 10.1. The SMILES string of the molecule is CC(C)(O)CCN1C[C@@H](c2ccccc2)O[C@@H](c2ccc3c(c2)OCO3)C1. The zero-order chi connectivity index (χ0) is 18.9. The molecule has 2 aliphatic rings. The second-order valence-corrected chi connectivity index (χ2v) is 7.96. The molecule has 5 nitrogen and oxygen atoms in total. The van der Waals surface area contributed by atoms with E-state index >= 15 is 0 Å². The summed E-state index contributed by atoms with van der Waals surface area (Å²) in [5.41, 5.74) is 1.60. The van der Waals surface area contributed by atoms with Gasteiger partial charge in [-0.3, -0.25) is 4.90 Å². The number of nitrogens with zero attached hydrogens (tertiary/aromatic N) is 1. The van der Waals surface area contributed by atoms with Gasteiger partial charge >= 0.3 is 0 Å². The van der Waals surface area contributed by atoms with Crippen molar-refractivity contribution in [1.82, 2.24) is 4.90 Å². The number of ether oxygens (including phenoxy) is 3. The van der Waals surface area contributed by atoms with Gasteiger partial charge in [0.05, 0.1) is 17.8 Å². The second kappa shape index (κ2) is 7.50. The van der Waals surface area contributed by atoms with E-state index in [2.05, 4.69) is 23.1 Å². The summed E-state index contributed by atoms with van der Waals surface area (Å²) < 4.78 is 17.4. The zero-order valence-electron chi connectivity index (χ0n) is 15.9. The molecule has 0 spiro atoms. The topological polar surface area (TPSA) is 51.2 Å². The van der Waals surface area contributed by atoms with E-state index in [-0.39, 0.29) is 19.0 Å². The monoisotopic (exact) mass is 369 g/mol. The number of benzene rings is 2. The van der Waals surface area contributed by atoms with Crippen molar-refractivity contribution >= 4 is 0 Å². The van der Waals surface area contributed by atoms with Crippen molar-refractivity contribution in [3.8, 4) is 11.5 Å². The molecule has 2 aromatic rings. The Kier molecular flexibility index (Phi) is 5.08. The van der Waals surface area contributed by atoms with Crippen LogP contribution in [0.1, 0.15) is 43.6 Å². The first-order valence-corrected chi connectivity index (χ1v) is 9.53. The van der Waals surface area contributed by atoms with Crippen LogP contribution in [0, 0.1) is 0 Å². The summed E-state index contributed by atoms with van der Waals surface area (Å²) in [4.78, 5) is 2.38. The third-order valence-corrected chi connectivity index (χ3v) is 5.16. The standard InChI is InChI=1S/C22H27NO4/c1-22(2,24)10-11-23-13-20(16-6-4-3-5-7-16)27-21(14-23)17-8-9-18-19(12-17)26-15-25-18/h3-9,12,20-21,24H,10-11,13-15H2,1-2H3/t20-,21+/m0/s1. The van der Waals surface area contributed by atoms with E-state index < -0.39 is 5.60 Å². The number of hydrogen-bond donors (Lipinski definition) is 1. The number of aliphatic hydroxyl groups is 1. The van der Waals surface area contributed by atoms with E-state index in [0.29, 0.717) is 0 Å². The summed E-state index contributed by atoms with van der Waals surface area (Å²) in [5.74, 6) is 1.56. The Bertz CT molecular complexity index is 772. The molecule has 4 rings (SSSR count). The van der Waals surface area contributed by atoms with Gasteiger partial charge in [-0.1, -0.05) is 36.4 Å². The molecule has 1 saturated heterocycles. The van der Waals surface area contributed by atoms with E-state index in [4.69, 9.17) is 14.2 Å². The first-order valence-electron chi connectivity index (χ1n) is 9.53. The maximum atomic E-state index is 10.1. The van der Waals surface area contributed by atoms with Gasteiger partial charge in [-0.25, -0.2) is 0 Å². The molecule has 2 atom stereocenters. The number of hydrogen-bond acceptors (Lipinski definition) is 5. The minimum atomic E-state index is -0.672. The Labute approximate surface area is 160 Å². The molecule has 144 valence electrons. The van der Waals surface area contributed by atoms with E-state index in [1.807, 2.05) is 44.2 Å². The summed E-state index contributed by atoms with van der Waals surface area (Å²) in [6.07, 6.45) is 0.667. The summed E-state index contributed by atoms with van der Waals surface area (Å²) in [6.45, 7) is 6.43. The van der Waals surface area contributed by atoms with Crippen molar-refractivity contribution in [3.63, 3.8) is 0 Å². The van der Waals surface area contributed by atoms with Crippen LogP contribution >= 0.6 is 0 Å². The molecule has 0 aliphatic carbocycles. The lowest BCUT2D eigenvalue weighted by Crippen LogP contribution is -2.42. The predicted octanol–water partition coefficient (Wildman–Crippen LogP) is 3.69. The number of rotatable bonds is 5. The predicted molar refractivity (Wildman–Crippen MR) is 103 cm³/mol.